The molecular formula is C27H22Br2ClN5O3. The molecule has 0 aliphatic carbocycles. The third-order valence-corrected chi connectivity index (χ3v) is 6.72. The third-order valence-electron chi connectivity index (χ3n) is 5.32. The van der Waals surface area contributed by atoms with E-state index in [9.17, 15) is 14.4 Å². The van der Waals surface area contributed by atoms with Gasteiger partial charge in [-0.2, -0.15) is 4.68 Å². The minimum atomic E-state index is -0.530. The number of fused-ring (bicyclic) bond motifs is 1. The Hall–Kier alpha value is -3.31. The van der Waals surface area contributed by atoms with Gasteiger partial charge in [0, 0.05) is 19.5 Å². The van der Waals surface area contributed by atoms with Gasteiger partial charge in [0.15, 0.2) is 5.82 Å². The van der Waals surface area contributed by atoms with E-state index in [0.717, 1.165) is 4.68 Å². The molecule has 0 unspecified atom stereocenters. The maximum absolute atomic E-state index is 13.7. The van der Waals surface area contributed by atoms with Gasteiger partial charge in [-0.3, -0.25) is 19.8 Å². The molecule has 0 bridgehead atoms. The highest BCUT2D eigenvalue weighted by Gasteiger charge is 2.21. The van der Waals surface area contributed by atoms with Gasteiger partial charge in [0.25, 0.3) is 17.4 Å². The second kappa shape index (κ2) is 12.0. The zero-order valence-corrected chi connectivity index (χ0v) is 24.3. The highest BCUT2D eigenvalue weighted by molar-refractivity contribution is 9.11. The second-order valence-corrected chi connectivity index (χ2v) is 10.7. The summed E-state index contributed by atoms with van der Waals surface area (Å²) in [6.45, 7) is 0.0199. The number of carbonyl (C=O) groups is 2. The van der Waals surface area contributed by atoms with Gasteiger partial charge >= 0.3 is 0 Å². The van der Waals surface area contributed by atoms with Crippen LogP contribution in [0, 0.1) is 0 Å². The fraction of sp³-hybridized carbons (Fsp3) is 0.111. The zero-order chi connectivity index (χ0) is 27.4. The average Bonchev–Trinajstić information content (AvgIpc) is 2.87. The molecule has 4 rings (SSSR count). The summed E-state index contributed by atoms with van der Waals surface area (Å²) < 4.78 is 2.25. The first-order valence-corrected chi connectivity index (χ1v) is 13.3. The van der Waals surface area contributed by atoms with Gasteiger partial charge in [-0.15, -0.1) is 0 Å². The molecule has 0 spiro atoms. The standard InChI is InChI=1S/C27H22Br2ClN5O3/c1-34(2)15-23(36)33-35-25(32-24-19(27(35)38)13-18(28)14-20(24)29)22(12-17-10-6-7-11-21(17)30)31-26(37)16-8-4-3-5-9-16/h3-14H,15H2,1-2H3,(H,31,37)(H,33,36)/b22-12-. The largest absolute Gasteiger partial charge is 0.319 e. The highest BCUT2D eigenvalue weighted by atomic mass is 79.9. The van der Waals surface area contributed by atoms with E-state index in [2.05, 4.69) is 42.6 Å². The Balaban J connectivity index is 1.98. The van der Waals surface area contributed by atoms with Crippen molar-refractivity contribution in [2.24, 2.45) is 0 Å². The van der Waals surface area contributed by atoms with Gasteiger partial charge in [0.05, 0.1) is 23.1 Å². The molecule has 0 fully saturated rings. The fourth-order valence-corrected chi connectivity index (χ4v) is 5.14. The van der Waals surface area contributed by atoms with Crippen molar-refractivity contribution < 1.29 is 9.59 Å². The number of nitrogens with zero attached hydrogens (tertiary/aromatic N) is 3. The monoisotopic (exact) mass is 657 g/mol. The molecule has 194 valence electrons. The Morgan fingerprint density at radius 1 is 1.05 bits per heavy atom. The maximum atomic E-state index is 13.7. The van der Waals surface area contributed by atoms with Crippen molar-refractivity contribution in [2.45, 2.75) is 0 Å². The molecule has 2 amide bonds. The van der Waals surface area contributed by atoms with E-state index in [0.29, 0.717) is 30.6 Å². The smallest absolute Gasteiger partial charge is 0.280 e. The first-order chi connectivity index (χ1) is 18.1. The molecule has 0 radical (unpaired) electrons. The lowest BCUT2D eigenvalue weighted by molar-refractivity contribution is -0.117. The van der Waals surface area contributed by atoms with Crippen molar-refractivity contribution in [1.29, 1.82) is 0 Å². The minimum absolute atomic E-state index is 0.0156. The Kier molecular flexibility index (Phi) is 8.78. The van der Waals surface area contributed by atoms with Gasteiger partial charge in [0.2, 0.25) is 0 Å². The predicted octanol–water partition coefficient (Wildman–Crippen LogP) is 5.13. The van der Waals surface area contributed by atoms with Crippen molar-refractivity contribution in [3.63, 3.8) is 0 Å². The van der Waals surface area contributed by atoms with Crippen LogP contribution in [0.4, 0.5) is 0 Å². The first kappa shape index (κ1) is 27.7. The van der Waals surface area contributed by atoms with E-state index in [-0.39, 0.29) is 23.5 Å². The number of nitrogens with one attached hydrogen (secondary N) is 2. The number of hydrogen-bond donors (Lipinski definition) is 2. The van der Waals surface area contributed by atoms with Crippen LogP contribution in [0.3, 0.4) is 0 Å². The zero-order valence-electron chi connectivity index (χ0n) is 20.3. The van der Waals surface area contributed by atoms with E-state index in [1.165, 1.54) is 0 Å². The fourth-order valence-electron chi connectivity index (χ4n) is 3.64. The van der Waals surface area contributed by atoms with Gasteiger partial charge < -0.3 is 10.2 Å². The van der Waals surface area contributed by atoms with Crippen LogP contribution < -0.4 is 16.3 Å². The number of aromatic nitrogens is 2. The average molecular weight is 660 g/mol. The molecule has 1 heterocycles. The second-order valence-electron chi connectivity index (χ2n) is 8.53. The van der Waals surface area contributed by atoms with Gasteiger partial charge in [-0.05, 0) is 72.0 Å². The molecule has 11 heteroatoms. The van der Waals surface area contributed by atoms with Gasteiger partial charge in [-0.25, -0.2) is 4.98 Å². The van der Waals surface area contributed by atoms with E-state index in [1.54, 1.807) is 91.8 Å². The molecule has 0 saturated carbocycles. The van der Waals surface area contributed by atoms with E-state index < -0.39 is 17.4 Å². The van der Waals surface area contributed by atoms with E-state index in [4.69, 9.17) is 16.6 Å². The number of hydrogen-bond acceptors (Lipinski definition) is 5. The van der Waals surface area contributed by atoms with Crippen LogP contribution in [0.5, 0.6) is 0 Å². The molecule has 3 aromatic carbocycles. The van der Waals surface area contributed by atoms with Crippen molar-refractivity contribution in [2.75, 3.05) is 26.1 Å². The Labute approximate surface area is 240 Å². The minimum Gasteiger partial charge on any atom is -0.319 e. The number of amides is 2. The summed E-state index contributed by atoms with van der Waals surface area (Å²) in [6.07, 6.45) is 1.61. The normalized spacial score (nSPS) is 11.6. The third kappa shape index (κ3) is 6.39. The number of likely N-dealkylation sites (N-methyl/N-ethyl adjacent to an activating group) is 1. The summed E-state index contributed by atoms with van der Waals surface area (Å²) in [7, 11) is 3.47. The highest BCUT2D eigenvalue weighted by Crippen LogP contribution is 2.27. The van der Waals surface area contributed by atoms with Gasteiger partial charge in [0.1, 0.15) is 0 Å². The number of halogens is 3. The summed E-state index contributed by atoms with van der Waals surface area (Å²) in [5, 5.41) is 3.54. The molecule has 0 atom stereocenters. The quantitative estimate of drug-likeness (QED) is 0.287. The Morgan fingerprint density at radius 3 is 2.42 bits per heavy atom. The predicted molar refractivity (Wildman–Crippen MR) is 158 cm³/mol. The molecule has 38 heavy (non-hydrogen) atoms. The lowest BCUT2D eigenvalue weighted by Gasteiger charge is -2.19. The van der Waals surface area contributed by atoms with Crippen molar-refractivity contribution in [1.82, 2.24) is 19.9 Å². The summed E-state index contributed by atoms with van der Waals surface area (Å²) in [4.78, 5) is 46.2. The molecule has 4 aromatic rings. The van der Waals surface area contributed by atoms with Crippen LogP contribution in [0.1, 0.15) is 21.7 Å². The molecule has 1 aromatic heterocycles. The maximum Gasteiger partial charge on any atom is 0.280 e. The molecule has 2 N–H and O–H groups in total. The molecule has 0 aliphatic heterocycles. The van der Waals surface area contributed by atoms with Gasteiger partial charge in [-0.1, -0.05) is 63.9 Å². The summed E-state index contributed by atoms with van der Waals surface area (Å²) in [5.74, 6) is -0.860. The van der Waals surface area contributed by atoms with E-state index >= 15 is 0 Å². The van der Waals surface area contributed by atoms with Crippen LogP contribution in [-0.4, -0.2) is 47.0 Å². The number of rotatable bonds is 7. The van der Waals surface area contributed by atoms with Crippen LogP contribution >= 0.6 is 43.5 Å². The topological polar surface area (TPSA) is 96.3 Å². The van der Waals surface area contributed by atoms with Crippen molar-refractivity contribution in [3.05, 3.63) is 108 Å². The summed E-state index contributed by atoms with van der Waals surface area (Å²) in [6, 6.07) is 19.0. The van der Waals surface area contributed by atoms with Crippen molar-refractivity contribution in [3.8, 4) is 0 Å². The molecule has 0 aliphatic rings. The first-order valence-electron chi connectivity index (χ1n) is 11.3. The van der Waals surface area contributed by atoms with Crippen LogP contribution in [0.2, 0.25) is 5.02 Å². The molecule has 8 nitrogen and oxygen atoms in total. The summed E-state index contributed by atoms with van der Waals surface area (Å²) >= 11 is 13.3. The number of benzene rings is 3. The number of carbonyl (C=O) groups excluding carboxylic acids is 2. The van der Waals surface area contributed by atoms with Crippen LogP contribution in [0.15, 0.2) is 80.5 Å². The summed E-state index contributed by atoms with van der Waals surface area (Å²) in [5.41, 5.74) is 3.60. The lowest BCUT2D eigenvalue weighted by Crippen LogP contribution is -2.41. The Bertz CT molecular complexity index is 1620. The lowest BCUT2D eigenvalue weighted by atomic mass is 10.1. The molecule has 0 saturated heterocycles. The molecular weight excluding hydrogens is 638 g/mol. The van der Waals surface area contributed by atoms with Crippen molar-refractivity contribution >= 4 is 78.0 Å². The van der Waals surface area contributed by atoms with Crippen LogP contribution in [0.25, 0.3) is 22.7 Å². The Morgan fingerprint density at radius 2 is 1.74 bits per heavy atom. The van der Waals surface area contributed by atoms with Crippen LogP contribution in [-0.2, 0) is 4.79 Å². The van der Waals surface area contributed by atoms with E-state index in [1.807, 2.05) is 0 Å². The SMILES string of the molecule is CN(C)CC(=O)Nn1c(/C(=C/c2ccccc2Cl)NC(=O)c2ccccc2)nc2c(Br)cc(Br)cc2c1=O.